The van der Waals surface area contributed by atoms with Gasteiger partial charge in [0.25, 0.3) is 0 Å². The van der Waals surface area contributed by atoms with Crippen LogP contribution in [-0.4, -0.2) is 118 Å². The lowest BCUT2D eigenvalue weighted by Gasteiger charge is -2.24. The minimum absolute atomic E-state index is 0.00255. The zero-order valence-corrected chi connectivity index (χ0v) is 74.0. The number of rotatable bonds is 36. The third kappa shape index (κ3) is 28.7. The summed E-state index contributed by atoms with van der Waals surface area (Å²) in [7, 11) is 1.00. The van der Waals surface area contributed by atoms with E-state index in [1.165, 1.54) is 4.70 Å². The Balaban J connectivity index is 0.000000174. The highest BCUT2D eigenvalue weighted by Crippen LogP contribution is 2.44. The van der Waals surface area contributed by atoms with Gasteiger partial charge in [-0.25, -0.2) is 9.59 Å². The van der Waals surface area contributed by atoms with Gasteiger partial charge in [0.1, 0.15) is 13.2 Å². The van der Waals surface area contributed by atoms with Gasteiger partial charge >= 0.3 is 17.9 Å². The van der Waals surface area contributed by atoms with E-state index >= 15 is 0 Å². The van der Waals surface area contributed by atoms with Crippen molar-refractivity contribution in [3.8, 4) is 0 Å². The van der Waals surface area contributed by atoms with Crippen LogP contribution in [0, 0.1) is 51.4 Å². The van der Waals surface area contributed by atoms with E-state index in [1.54, 1.807) is 59.6 Å². The summed E-state index contributed by atoms with van der Waals surface area (Å²) in [6, 6.07) is 60.3. The molecule has 2 aliphatic carbocycles. The van der Waals surface area contributed by atoms with Gasteiger partial charge in [-0.05, 0) is 237 Å². The number of benzene rings is 8. The molecule has 12 atom stereocenters. The number of thiophene rings is 2. The highest BCUT2D eigenvalue weighted by Gasteiger charge is 2.42. The molecule has 0 radical (unpaired) electrons. The van der Waals surface area contributed by atoms with E-state index in [-0.39, 0.29) is 86.1 Å². The van der Waals surface area contributed by atoms with E-state index in [2.05, 4.69) is 22.1 Å². The van der Waals surface area contributed by atoms with Gasteiger partial charge in [-0.1, -0.05) is 195 Å². The van der Waals surface area contributed by atoms with Crippen molar-refractivity contribution >= 4 is 99.8 Å². The Kier molecular flexibility index (Phi) is 37.9. The molecule has 0 unspecified atom stereocenters. The summed E-state index contributed by atoms with van der Waals surface area (Å²) < 4.78 is 13.2. The number of unbranched alkanes of at least 4 members (excludes halogenated alkanes) is 6. The predicted octanol–water partition coefficient (Wildman–Crippen LogP) is 17.3. The predicted molar refractivity (Wildman–Crippen MR) is 493 cm³/mol. The molecule has 0 bridgehead atoms. The average molecular weight is 1750 g/mol. The molecule has 23 heteroatoms. The van der Waals surface area contributed by atoms with E-state index in [4.69, 9.17) is 31.2 Å². The smallest absolute Gasteiger partial charge is 0.338 e. The lowest BCUT2D eigenvalue weighted by atomic mass is 9.84. The highest BCUT2D eigenvalue weighted by atomic mass is 32.1. The summed E-state index contributed by atoms with van der Waals surface area (Å²) >= 11 is 3.22. The number of pyridine rings is 2. The van der Waals surface area contributed by atoms with Gasteiger partial charge in [0.05, 0.1) is 59.8 Å². The van der Waals surface area contributed by atoms with Crippen molar-refractivity contribution < 1.29 is 84.2 Å². The zero-order valence-electron chi connectivity index (χ0n) is 72.4. The lowest BCUT2D eigenvalue weighted by molar-refractivity contribution is -0.305. The monoisotopic (exact) mass is 1750 g/mol. The van der Waals surface area contributed by atoms with Crippen LogP contribution in [0.4, 0.5) is 0 Å². The molecule has 14 rings (SSSR count). The fourth-order valence-electron chi connectivity index (χ4n) is 17.0. The SMILES string of the molecule is CO.Cc1ccc(C(=O)OCc2ccc([C@@H](N)C(=O)Cc3ccc4cnccc4c3)cc2)c(C)c1.Cc1ccc(C(=O)OCc2ccc([C@@H](N)C(=O)Cc3ccc4cnccc4c3)cc2)c(C)c1.O=C(O)CCCCCC[C@@H]1[C@@H](CC[C@@H](O)c2cc3ccccc3s2)[C@H](O)C[C@@H]1O.O=C([O-])CCCCCC[C@@H]1[C@@H](CC[C@@H](O)c2cc3ccccc3s2)[C@H](O)C[C@@H]1O. The van der Waals surface area contributed by atoms with Crippen LogP contribution >= 0.6 is 22.7 Å². The van der Waals surface area contributed by atoms with Crippen molar-refractivity contribution in [2.24, 2.45) is 35.1 Å². The molecular formula is C103H119N4O17S2-. The van der Waals surface area contributed by atoms with E-state index in [0.717, 1.165) is 161 Å². The molecule has 4 heterocycles. The lowest BCUT2D eigenvalue weighted by Crippen LogP contribution is -2.23. The van der Waals surface area contributed by atoms with E-state index in [1.807, 2.05) is 198 Å². The van der Waals surface area contributed by atoms with Crippen LogP contribution in [0.1, 0.15) is 226 Å². The zero-order chi connectivity index (χ0) is 90.3. The molecule has 0 amide bonds. The number of ether oxygens (including phenoxy) is 2. The third-order valence-corrected chi connectivity index (χ3v) is 26.4. The summed E-state index contributed by atoms with van der Waals surface area (Å²) in [6.45, 7) is 8.07. The molecule has 0 spiro atoms. The second-order valence-electron chi connectivity index (χ2n) is 33.3. The third-order valence-electron chi connectivity index (χ3n) is 24.0. The number of ketones is 2. The Labute approximate surface area is 745 Å². The first-order valence-corrected chi connectivity index (χ1v) is 45.2. The minimum Gasteiger partial charge on any atom is -0.550 e. The van der Waals surface area contributed by atoms with Crippen LogP contribution in [0.25, 0.3) is 41.7 Å². The molecule has 2 saturated carbocycles. The number of esters is 2. The number of carboxylic acids is 2. The Hall–Kier alpha value is -10.6. The standard InChI is InChI=1S/2C28H26N2O3.2C23H32O5S.CH4O/c2*1-18-3-10-25(19(2)13-18)28(32)33-17-20-4-7-22(8-5-20)27(29)26(31)15-21-6-9-24-16-30-12-11-23(24)14-21;2*24-18(22-13-15-7-5-6-9-21(15)29-22)12-11-17-16(19(25)14-20(17)26)8-3-1-2-4-10-23(27)28;1-2/h2*3-14,16,27H,15,17,29H2,1-2H3;2*5-7,9,13,16-20,24-26H,1-4,8,10-12,14H2,(H,27,28);2H,1H3/p-1/t2*27-;2*16-,17-,18-,19+,20-;/m1111./s1. The number of nitrogens with two attached hydrogens (primary N) is 2. The van der Waals surface area contributed by atoms with Gasteiger partial charge in [-0.2, -0.15) is 0 Å². The summed E-state index contributed by atoms with van der Waals surface area (Å²) in [5.41, 5.74) is 22.5. The maximum Gasteiger partial charge on any atom is 0.338 e. The van der Waals surface area contributed by atoms with Crippen LogP contribution in [0.15, 0.2) is 219 Å². The molecule has 12 N–H and O–H groups in total. The number of hydrogen-bond donors (Lipinski definition) is 10. The van der Waals surface area contributed by atoms with Gasteiger partial charge in [-0.3, -0.25) is 24.4 Å². The fraction of sp³-hybridized carbons (Fsp3) is 0.379. The first kappa shape index (κ1) is 97.6. The van der Waals surface area contributed by atoms with Gasteiger partial charge < -0.3 is 71.7 Å². The maximum atomic E-state index is 12.8. The summed E-state index contributed by atoms with van der Waals surface area (Å²) in [5.74, 6) is -2.47. The molecule has 21 nitrogen and oxygen atoms in total. The molecule has 666 valence electrons. The van der Waals surface area contributed by atoms with Crippen molar-refractivity contribution in [2.75, 3.05) is 7.11 Å². The van der Waals surface area contributed by atoms with Crippen LogP contribution in [0.3, 0.4) is 0 Å². The molecule has 8 aromatic carbocycles. The molecule has 0 aliphatic heterocycles. The Morgan fingerprint density at radius 1 is 0.429 bits per heavy atom. The first-order chi connectivity index (χ1) is 60.7. The molecule has 126 heavy (non-hydrogen) atoms. The molecule has 4 aromatic heterocycles. The number of aliphatic carboxylic acids is 2. The number of hydrogen-bond acceptors (Lipinski definition) is 22. The van der Waals surface area contributed by atoms with E-state index in [0.29, 0.717) is 62.5 Å². The number of aromatic nitrogens is 2. The van der Waals surface area contributed by atoms with Crippen molar-refractivity contribution in [3.05, 3.63) is 295 Å². The van der Waals surface area contributed by atoms with Gasteiger partial charge in [0, 0.05) is 87.1 Å². The van der Waals surface area contributed by atoms with Crippen LogP contribution in [0.5, 0.6) is 0 Å². The van der Waals surface area contributed by atoms with Crippen LogP contribution < -0.4 is 16.6 Å². The summed E-state index contributed by atoms with van der Waals surface area (Å²) in [4.78, 5) is 81.4. The van der Waals surface area contributed by atoms with Crippen molar-refractivity contribution in [1.82, 2.24) is 9.97 Å². The number of fused-ring (bicyclic) bond motifs is 4. The average Bonchev–Trinajstić information content (AvgIpc) is 1.68. The molecule has 12 aromatic rings. The van der Waals surface area contributed by atoms with E-state index in [9.17, 15) is 64.5 Å². The minimum atomic E-state index is -1.00. The van der Waals surface area contributed by atoms with Crippen molar-refractivity contribution in [3.63, 3.8) is 0 Å². The van der Waals surface area contributed by atoms with Crippen molar-refractivity contribution in [2.45, 2.75) is 218 Å². The second kappa shape index (κ2) is 48.9. The number of aliphatic hydroxyl groups is 7. The normalized spacial score (nSPS) is 18.0. The molecule has 0 saturated heterocycles. The summed E-state index contributed by atoms with van der Waals surface area (Å²) in [5, 5.41) is 95.5. The molecular weight excluding hydrogens is 1630 g/mol. The Morgan fingerprint density at radius 3 is 1.18 bits per heavy atom. The number of carbonyl (C=O) groups excluding carboxylic acids is 5. The Morgan fingerprint density at radius 2 is 0.802 bits per heavy atom. The van der Waals surface area contributed by atoms with Crippen LogP contribution in [-0.2, 0) is 54.7 Å². The van der Waals surface area contributed by atoms with Crippen LogP contribution in [0.2, 0.25) is 0 Å². The molecule has 2 fully saturated rings. The number of Topliss-reactive ketones (excluding diaryl/α,β-unsaturated/α-hetero) is 2. The maximum absolute atomic E-state index is 12.8. The van der Waals surface area contributed by atoms with Gasteiger partial charge in [0.15, 0.2) is 11.6 Å². The van der Waals surface area contributed by atoms with Gasteiger partial charge in [0.2, 0.25) is 0 Å². The number of nitrogens with zero attached hydrogens (tertiary/aromatic N) is 2. The number of aliphatic hydroxyl groups excluding tert-OH is 7. The number of carbonyl (C=O) groups is 6. The topological polar surface area (TPSA) is 384 Å². The first-order valence-electron chi connectivity index (χ1n) is 43.5. The van der Waals surface area contributed by atoms with Gasteiger partial charge in [-0.15, -0.1) is 22.7 Å². The number of aryl methyl sites for hydroxylation is 4. The fourth-order valence-corrected chi connectivity index (χ4v) is 19.1. The molecule has 2 aliphatic rings. The quantitative estimate of drug-likeness (QED) is 0.0129. The largest absolute Gasteiger partial charge is 0.550 e. The van der Waals surface area contributed by atoms with E-state index < -0.39 is 60.6 Å². The highest BCUT2D eigenvalue weighted by molar-refractivity contribution is 7.19. The second-order valence-corrected chi connectivity index (χ2v) is 35.5. The van der Waals surface area contributed by atoms with Crippen molar-refractivity contribution in [1.29, 1.82) is 0 Å². The summed E-state index contributed by atoms with van der Waals surface area (Å²) in [6.07, 6.45) is 16.5. The Bertz CT molecular complexity index is 5140. The number of carboxylic acid groups (broad SMARTS) is 2.